The molecular formula is C6H13NNaO5S2. The van der Waals surface area contributed by atoms with E-state index in [1.807, 2.05) is 5.32 Å². The van der Waals surface area contributed by atoms with E-state index in [9.17, 15) is 17.2 Å². The molecule has 3 N–H and O–H groups in total. The van der Waals surface area contributed by atoms with Crippen LogP contribution in [0.3, 0.4) is 0 Å². The summed E-state index contributed by atoms with van der Waals surface area (Å²) in [7, 11) is -4.00. The molecule has 0 aromatic rings. The summed E-state index contributed by atoms with van der Waals surface area (Å²) in [4.78, 5) is 0. The second-order valence-electron chi connectivity index (χ2n) is 3.50. The monoisotopic (exact) mass is 266 g/mol. The van der Waals surface area contributed by atoms with E-state index < -0.39 is 21.2 Å². The van der Waals surface area contributed by atoms with Crippen molar-refractivity contribution in [2.75, 3.05) is 24.6 Å². The Labute approximate surface area is 114 Å². The first-order valence-corrected chi connectivity index (χ1v) is 7.06. The van der Waals surface area contributed by atoms with Gasteiger partial charge in [-0.05, 0) is 0 Å². The van der Waals surface area contributed by atoms with Crippen molar-refractivity contribution in [2.45, 2.75) is 0 Å². The molecule has 0 amide bonds. The molecule has 6 nitrogen and oxygen atoms in total. The summed E-state index contributed by atoms with van der Waals surface area (Å²) in [5.74, 6) is -0.805. The third kappa shape index (κ3) is 6.32. The number of hydrogen-bond donors (Lipinski definition) is 2. The quantitative estimate of drug-likeness (QED) is 0.324. The zero-order valence-electron chi connectivity index (χ0n) is 8.46. The molecule has 1 aliphatic heterocycles. The second kappa shape index (κ2) is 6.65. The Kier molecular flexibility index (Phi) is 7.09. The Morgan fingerprint density at radius 3 is 2.40 bits per heavy atom. The van der Waals surface area contributed by atoms with Gasteiger partial charge in [0.15, 0.2) is 0 Å². The minimum absolute atomic E-state index is 0. The van der Waals surface area contributed by atoms with Gasteiger partial charge in [0.05, 0.1) is 18.8 Å². The molecule has 1 fully saturated rings. The molecule has 1 radical (unpaired) electrons. The Morgan fingerprint density at radius 2 is 1.93 bits per heavy atom. The van der Waals surface area contributed by atoms with E-state index in [0.29, 0.717) is 13.1 Å². The average Bonchev–Trinajstić information content (AvgIpc) is 2.32. The third-order valence-electron chi connectivity index (χ3n) is 2.38. The van der Waals surface area contributed by atoms with Crippen LogP contribution in [0.15, 0.2) is 0 Å². The molecule has 1 saturated heterocycles. The summed E-state index contributed by atoms with van der Waals surface area (Å²) >= 11 is -2.15. The molecule has 0 aliphatic carbocycles. The van der Waals surface area contributed by atoms with Crippen LogP contribution < -0.4 is 5.32 Å². The van der Waals surface area contributed by atoms with Gasteiger partial charge in [0.1, 0.15) is 0 Å². The van der Waals surface area contributed by atoms with Gasteiger partial charge in [-0.25, -0.2) is 0 Å². The molecule has 1 rings (SSSR count). The van der Waals surface area contributed by atoms with E-state index in [1.165, 1.54) is 0 Å². The Bertz CT molecular complexity index is 319. The first-order chi connectivity index (χ1) is 6.38. The van der Waals surface area contributed by atoms with Crippen LogP contribution in [0.25, 0.3) is 0 Å². The van der Waals surface area contributed by atoms with Gasteiger partial charge in [-0.2, -0.15) is 8.42 Å². The summed E-state index contributed by atoms with van der Waals surface area (Å²) in [6.07, 6.45) is 0. The molecular weight excluding hydrogens is 253 g/mol. The summed E-state index contributed by atoms with van der Waals surface area (Å²) in [6.45, 7) is 1.16. The topological polar surface area (TPSA) is 111 Å². The van der Waals surface area contributed by atoms with Crippen molar-refractivity contribution in [1.82, 2.24) is 0 Å². The standard InChI is InChI=1S/C6H13NO5S2.Na/c8-13(9)3-5-1-7-2-6(5)4-14(10,11)12;/h5-7H,1-4H2,(H,8,9)(H,10,11,12);. The predicted octanol–water partition coefficient (Wildman–Crippen LogP) is -2.82. The molecule has 85 valence electrons. The molecule has 1 aliphatic rings. The van der Waals surface area contributed by atoms with Crippen molar-refractivity contribution in [3.8, 4) is 0 Å². The first kappa shape index (κ1) is 16.0. The smallest absolute Gasteiger partial charge is 0.265 e. The molecule has 3 unspecified atom stereocenters. The molecule has 0 spiro atoms. The largest absolute Gasteiger partial charge is 0.772 e. The van der Waals surface area contributed by atoms with Gasteiger partial charge in [-0.15, -0.1) is 0 Å². The van der Waals surface area contributed by atoms with Crippen molar-refractivity contribution >= 4 is 50.8 Å². The fourth-order valence-electron chi connectivity index (χ4n) is 1.76. The first-order valence-electron chi connectivity index (χ1n) is 4.21. The number of rotatable bonds is 4. The maximum atomic E-state index is 10.6. The van der Waals surface area contributed by atoms with Crippen LogP contribution in [0.1, 0.15) is 0 Å². The summed E-state index contributed by atoms with van der Waals surface area (Å²) in [5.41, 5.74) is 0. The van der Waals surface area contributed by atoms with E-state index in [1.54, 1.807) is 0 Å². The second-order valence-corrected chi connectivity index (χ2v) is 5.94. The minimum atomic E-state index is -4.00. The molecule has 9 heteroatoms. The Balaban J connectivity index is 0.00000196. The minimum Gasteiger partial charge on any atom is -0.772 e. The van der Waals surface area contributed by atoms with Gasteiger partial charge in [0.25, 0.3) is 10.1 Å². The Morgan fingerprint density at radius 1 is 1.40 bits per heavy atom. The average molecular weight is 266 g/mol. The van der Waals surface area contributed by atoms with Crippen LogP contribution in [0, 0.1) is 11.8 Å². The normalized spacial score (nSPS) is 28.4. The molecule has 0 saturated carbocycles. The molecule has 0 bridgehead atoms. The van der Waals surface area contributed by atoms with Crippen LogP contribution >= 0.6 is 0 Å². The van der Waals surface area contributed by atoms with Crippen molar-refractivity contribution in [2.24, 2.45) is 11.8 Å². The van der Waals surface area contributed by atoms with Crippen LogP contribution in [0.4, 0.5) is 0 Å². The van der Waals surface area contributed by atoms with Gasteiger partial charge in [-0.3, -0.25) is 8.76 Å². The molecule has 0 aromatic carbocycles. The summed E-state index contributed by atoms with van der Waals surface area (Å²) in [5, 5.41) is 1.87. The van der Waals surface area contributed by atoms with E-state index >= 15 is 0 Å². The van der Waals surface area contributed by atoms with Gasteiger partial charge < -0.3 is 9.87 Å². The molecule has 0 aromatic heterocycles. The van der Waals surface area contributed by atoms with Crippen molar-refractivity contribution in [3.63, 3.8) is 0 Å². The molecule has 15 heavy (non-hydrogen) atoms. The maximum absolute atomic E-state index is 10.6. The maximum Gasteiger partial charge on any atom is 0.265 e. The fourth-order valence-corrected chi connectivity index (χ4v) is 3.47. The van der Waals surface area contributed by atoms with E-state index in [2.05, 4.69) is 0 Å². The van der Waals surface area contributed by atoms with Crippen LogP contribution in [0.5, 0.6) is 0 Å². The van der Waals surface area contributed by atoms with Crippen molar-refractivity contribution in [1.29, 1.82) is 0 Å². The predicted molar refractivity (Wildman–Crippen MR) is 54.6 cm³/mol. The fraction of sp³-hybridized carbons (Fsp3) is 1.00. The number of hydrogen-bond acceptors (Lipinski definition) is 4. The van der Waals surface area contributed by atoms with Crippen LogP contribution in [0.2, 0.25) is 0 Å². The van der Waals surface area contributed by atoms with Gasteiger partial charge in [0, 0.05) is 47.1 Å². The molecule has 3 atom stereocenters. The third-order valence-corrected chi connectivity index (χ3v) is 3.93. The van der Waals surface area contributed by atoms with Gasteiger partial charge in [-0.1, -0.05) is 11.1 Å². The SMILES string of the molecule is O=S([O-])CC1C[NH2+]CC1CS(=O)(=O)O.[Na]. The van der Waals surface area contributed by atoms with Crippen LogP contribution in [-0.4, -0.2) is 75.9 Å². The zero-order chi connectivity index (χ0) is 10.8. The van der Waals surface area contributed by atoms with Crippen molar-refractivity contribution < 1.29 is 27.0 Å². The zero-order valence-corrected chi connectivity index (χ0v) is 12.1. The van der Waals surface area contributed by atoms with E-state index in [-0.39, 0.29) is 52.9 Å². The van der Waals surface area contributed by atoms with Crippen molar-refractivity contribution in [3.05, 3.63) is 0 Å². The number of quaternary nitrogens is 1. The van der Waals surface area contributed by atoms with Gasteiger partial charge in [0.2, 0.25) is 0 Å². The van der Waals surface area contributed by atoms with Gasteiger partial charge >= 0.3 is 0 Å². The Hall–Kier alpha value is 0.980. The summed E-state index contributed by atoms with van der Waals surface area (Å²) < 4.78 is 50.7. The van der Waals surface area contributed by atoms with Crippen LogP contribution in [-0.2, 0) is 21.2 Å². The van der Waals surface area contributed by atoms with E-state index in [4.69, 9.17) is 4.55 Å². The summed E-state index contributed by atoms with van der Waals surface area (Å²) in [6, 6.07) is 0. The number of nitrogens with two attached hydrogens (primary N) is 1. The van der Waals surface area contributed by atoms with E-state index in [0.717, 1.165) is 0 Å². The molecule has 1 heterocycles.